The van der Waals surface area contributed by atoms with Crippen LogP contribution in [0.3, 0.4) is 0 Å². The molecule has 0 spiro atoms. The van der Waals surface area contributed by atoms with Gasteiger partial charge in [-0.1, -0.05) is 23.2 Å². The zero-order valence-corrected chi connectivity index (χ0v) is 8.69. The van der Waals surface area contributed by atoms with Crippen LogP contribution in [0.4, 0.5) is 35.1 Å². The molecule has 0 atom stereocenters. The normalized spacial score (nSPS) is 23.9. The number of hydrogen-bond acceptors (Lipinski definition) is 2. The highest BCUT2D eigenvalue weighted by atomic mass is 35.5. The van der Waals surface area contributed by atoms with E-state index < -0.39 is 33.7 Å². The number of rotatable bonds is 2. The van der Waals surface area contributed by atoms with Crippen molar-refractivity contribution in [2.45, 2.75) is 22.7 Å². The quantitative estimate of drug-likeness (QED) is 0.433. The molecule has 1 heterocycles. The van der Waals surface area contributed by atoms with Crippen LogP contribution in [0, 0.1) is 0 Å². The van der Waals surface area contributed by atoms with E-state index in [4.69, 9.17) is 0 Å². The largest absolute Gasteiger partial charge is 0.429 e. The average Bonchev–Trinajstić information content (AvgIpc) is 2.12. The van der Waals surface area contributed by atoms with Crippen molar-refractivity contribution in [3.8, 4) is 0 Å². The fourth-order valence-electron chi connectivity index (χ4n) is 0.903. The molecule has 1 rings (SSSR count). The third-order valence-corrected chi connectivity index (χ3v) is 2.14. The molecule has 0 amide bonds. The second kappa shape index (κ2) is 3.50. The van der Waals surface area contributed by atoms with Crippen LogP contribution < -0.4 is 0 Å². The molecule has 0 aromatic heterocycles. The third-order valence-electron chi connectivity index (χ3n) is 1.68. The van der Waals surface area contributed by atoms with Gasteiger partial charge in [-0.3, -0.25) is 0 Å². The van der Waals surface area contributed by atoms with Gasteiger partial charge in [0.2, 0.25) is 0 Å². The standard InChI is InChI=1S/C5Cl2F8N2/c6-2(7,9)4(12,13)17-1(8)16-3(10,11)5(17,14)15. The van der Waals surface area contributed by atoms with E-state index in [1.54, 1.807) is 0 Å². The Bertz CT molecular complexity index is 361. The van der Waals surface area contributed by atoms with E-state index in [2.05, 4.69) is 23.2 Å². The van der Waals surface area contributed by atoms with Crippen molar-refractivity contribution in [1.29, 1.82) is 0 Å². The molecule has 0 aliphatic carbocycles. The number of hydrogen-bond donors (Lipinski definition) is 0. The zero-order chi connectivity index (χ0) is 13.9. The maximum atomic E-state index is 12.9. The van der Waals surface area contributed by atoms with Gasteiger partial charge in [0.1, 0.15) is 0 Å². The van der Waals surface area contributed by atoms with Crippen LogP contribution in [-0.4, -0.2) is 33.7 Å². The molecule has 17 heavy (non-hydrogen) atoms. The van der Waals surface area contributed by atoms with Crippen LogP contribution in [-0.2, 0) is 0 Å². The van der Waals surface area contributed by atoms with E-state index >= 15 is 0 Å². The highest BCUT2D eigenvalue weighted by Gasteiger charge is 2.77. The van der Waals surface area contributed by atoms with Crippen molar-refractivity contribution in [3.05, 3.63) is 0 Å². The van der Waals surface area contributed by atoms with Gasteiger partial charge in [-0.2, -0.15) is 45.0 Å². The molecule has 0 N–H and O–H groups in total. The van der Waals surface area contributed by atoms with E-state index in [-0.39, 0.29) is 0 Å². The summed E-state index contributed by atoms with van der Waals surface area (Å²) in [6.45, 7) is 0. The lowest BCUT2D eigenvalue weighted by atomic mass is 10.4. The SMILES string of the molecule is FC1=NC(F)(F)C(F)(F)N1C(F)(F)C(F)(Cl)Cl. The van der Waals surface area contributed by atoms with E-state index in [9.17, 15) is 35.1 Å². The summed E-state index contributed by atoms with van der Waals surface area (Å²) in [5.41, 5.74) is 0. The van der Waals surface area contributed by atoms with Gasteiger partial charge in [0.15, 0.2) is 0 Å². The topological polar surface area (TPSA) is 15.6 Å². The lowest BCUT2D eigenvalue weighted by molar-refractivity contribution is -0.317. The third kappa shape index (κ3) is 1.90. The Hall–Kier alpha value is -0.510. The van der Waals surface area contributed by atoms with Crippen LogP contribution in [0.5, 0.6) is 0 Å². The first kappa shape index (κ1) is 14.6. The highest BCUT2D eigenvalue weighted by molar-refractivity contribution is 6.47. The summed E-state index contributed by atoms with van der Waals surface area (Å²) in [6.07, 6.45) is -2.99. The first-order valence-electron chi connectivity index (χ1n) is 3.51. The van der Waals surface area contributed by atoms with Crippen LogP contribution in [0.15, 0.2) is 4.99 Å². The number of halogens is 10. The van der Waals surface area contributed by atoms with Crippen molar-refractivity contribution < 1.29 is 35.1 Å². The zero-order valence-electron chi connectivity index (χ0n) is 7.17. The summed E-state index contributed by atoms with van der Waals surface area (Å²) in [5.74, 6) is 0. The summed E-state index contributed by atoms with van der Waals surface area (Å²) in [4.78, 5) is -0.845. The van der Waals surface area contributed by atoms with Gasteiger partial charge in [0.05, 0.1) is 0 Å². The summed E-state index contributed by atoms with van der Waals surface area (Å²) in [7, 11) is 0. The smallest absolute Gasteiger partial charge is 0.199 e. The maximum absolute atomic E-state index is 12.9. The van der Waals surface area contributed by atoms with Crippen LogP contribution in [0.2, 0.25) is 0 Å². The van der Waals surface area contributed by atoms with E-state index in [0.717, 1.165) is 0 Å². The van der Waals surface area contributed by atoms with Crippen molar-refractivity contribution in [3.63, 3.8) is 0 Å². The fourth-order valence-corrected chi connectivity index (χ4v) is 1.07. The molecule has 0 saturated heterocycles. The van der Waals surface area contributed by atoms with E-state index in [1.807, 2.05) is 0 Å². The monoisotopic (exact) mass is 310 g/mol. The van der Waals surface area contributed by atoms with Gasteiger partial charge >= 0.3 is 22.7 Å². The minimum Gasteiger partial charge on any atom is -0.199 e. The molecule has 0 aromatic rings. The predicted octanol–water partition coefficient (Wildman–Crippen LogP) is 3.51. The predicted molar refractivity (Wildman–Crippen MR) is 40.8 cm³/mol. The molecule has 0 saturated carbocycles. The molecule has 0 aromatic carbocycles. The van der Waals surface area contributed by atoms with Crippen molar-refractivity contribution in [2.75, 3.05) is 0 Å². The molecule has 0 radical (unpaired) electrons. The molecular formula is C5Cl2F8N2. The lowest BCUT2D eigenvalue weighted by Gasteiger charge is -2.35. The molecule has 0 unspecified atom stereocenters. The van der Waals surface area contributed by atoms with E-state index in [1.165, 1.54) is 4.99 Å². The molecule has 0 fully saturated rings. The molecule has 2 nitrogen and oxygen atoms in total. The average molecular weight is 311 g/mol. The minimum atomic E-state index is -5.82. The Morgan fingerprint density at radius 3 is 1.71 bits per heavy atom. The van der Waals surface area contributed by atoms with E-state index in [0.29, 0.717) is 0 Å². The molecule has 100 valence electrons. The summed E-state index contributed by atoms with van der Waals surface area (Å²) < 4.78 is 96.3. The first-order chi connectivity index (χ1) is 7.25. The Morgan fingerprint density at radius 1 is 1.06 bits per heavy atom. The molecule has 0 bridgehead atoms. The van der Waals surface area contributed by atoms with Crippen molar-refractivity contribution in [2.24, 2.45) is 4.99 Å². The second-order valence-corrected chi connectivity index (χ2v) is 4.07. The van der Waals surface area contributed by atoms with Gasteiger partial charge < -0.3 is 0 Å². The Labute approximate surface area is 97.8 Å². The Kier molecular flexibility index (Phi) is 2.99. The highest BCUT2D eigenvalue weighted by Crippen LogP contribution is 2.53. The van der Waals surface area contributed by atoms with Gasteiger partial charge in [-0.05, 0) is 0 Å². The second-order valence-electron chi connectivity index (χ2n) is 2.84. The first-order valence-corrected chi connectivity index (χ1v) is 4.26. The van der Waals surface area contributed by atoms with Crippen molar-refractivity contribution in [1.82, 2.24) is 4.90 Å². The number of alkyl halides is 9. The van der Waals surface area contributed by atoms with Crippen LogP contribution in [0.1, 0.15) is 0 Å². The molecule has 12 heteroatoms. The minimum absolute atomic E-state index is 1.36. The van der Waals surface area contributed by atoms with Gasteiger partial charge in [0.25, 0.3) is 6.09 Å². The van der Waals surface area contributed by atoms with Crippen LogP contribution >= 0.6 is 23.2 Å². The van der Waals surface area contributed by atoms with Gasteiger partial charge in [-0.15, -0.1) is 0 Å². The lowest BCUT2D eigenvalue weighted by Crippen LogP contribution is -2.61. The maximum Gasteiger partial charge on any atom is 0.429 e. The summed E-state index contributed by atoms with van der Waals surface area (Å²) in [5, 5.41) is 0. The Balaban J connectivity index is 3.30. The number of aliphatic imine (C=N–C) groups is 1. The Morgan fingerprint density at radius 2 is 1.47 bits per heavy atom. The number of nitrogens with zero attached hydrogens (tertiary/aromatic N) is 2. The van der Waals surface area contributed by atoms with Gasteiger partial charge in [0, 0.05) is 0 Å². The summed E-state index contributed by atoms with van der Waals surface area (Å²) in [6, 6.07) is -17.0. The van der Waals surface area contributed by atoms with Crippen molar-refractivity contribution >= 4 is 29.3 Å². The molecule has 1 aliphatic rings. The fraction of sp³-hybridized carbons (Fsp3) is 0.800. The molecule has 1 aliphatic heterocycles. The van der Waals surface area contributed by atoms with Crippen LogP contribution in [0.25, 0.3) is 0 Å². The van der Waals surface area contributed by atoms with Gasteiger partial charge in [-0.25, -0.2) is 0 Å². The number of amidine groups is 1. The molecular weight excluding hydrogens is 311 g/mol. The summed E-state index contributed by atoms with van der Waals surface area (Å²) >= 11 is 8.40.